The fourth-order valence-corrected chi connectivity index (χ4v) is 3.82. The fourth-order valence-electron chi connectivity index (χ4n) is 2.97. The van der Waals surface area contributed by atoms with E-state index in [1.165, 1.54) is 0 Å². The molecule has 2 aromatic carbocycles. The van der Waals surface area contributed by atoms with Crippen molar-refractivity contribution in [3.8, 4) is 22.9 Å². The second kappa shape index (κ2) is 10.7. The molecule has 3 aromatic rings. The summed E-state index contributed by atoms with van der Waals surface area (Å²) >= 11 is 1.66. The van der Waals surface area contributed by atoms with Gasteiger partial charge in [-0.25, -0.2) is 0 Å². The molecule has 0 aliphatic carbocycles. The molecule has 0 fully saturated rings. The lowest BCUT2D eigenvalue weighted by atomic mass is 10.1. The number of rotatable bonds is 11. The molecule has 0 radical (unpaired) electrons. The van der Waals surface area contributed by atoms with E-state index in [4.69, 9.17) is 14.2 Å². The topological polar surface area (TPSA) is 87.9 Å². The quantitative estimate of drug-likeness (QED) is 0.377. The van der Waals surface area contributed by atoms with Gasteiger partial charge in [-0.2, -0.15) is 4.68 Å². The van der Waals surface area contributed by atoms with Crippen LogP contribution in [0.25, 0.3) is 5.69 Å². The number of ether oxygens (including phenoxy) is 3. The molecule has 0 aliphatic rings. The molecule has 1 heterocycles. The normalized spacial score (nSPS) is 10.7. The Bertz CT molecular complexity index is 904. The Morgan fingerprint density at radius 1 is 0.966 bits per heavy atom. The minimum absolute atomic E-state index is 0.629. The van der Waals surface area contributed by atoms with Gasteiger partial charge in [-0.1, -0.05) is 30.0 Å². The molecule has 29 heavy (non-hydrogen) atoms. The van der Waals surface area contributed by atoms with Crippen LogP contribution in [0.2, 0.25) is 0 Å². The first-order valence-corrected chi connectivity index (χ1v) is 10.3. The molecule has 0 amide bonds. The first kappa shape index (κ1) is 20.9. The van der Waals surface area contributed by atoms with Crippen molar-refractivity contribution < 1.29 is 19.5 Å². The van der Waals surface area contributed by atoms with E-state index in [9.17, 15) is 0 Å². The summed E-state index contributed by atoms with van der Waals surface area (Å²) in [5, 5.41) is 15.1. The van der Waals surface area contributed by atoms with Crippen LogP contribution in [-0.4, -0.2) is 53.8 Å². The fraction of sp³-hybridized carbons (Fsp3) is 0.350. The lowest BCUT2D eigenvalue weighted by Gasteiger charge is -2.15. The van der Waals surface area contributed by atoms with Crippen LogP contribution in [0.15, 0.2) is 47.6 Å². The van der Waals surface area contributed by atoms with E-state index in [1.807, 2.05) is 42.5 Å². The monoisotopic (exact) mass is 416 g/mol. The van der Waals surface area contributed by atoms with Gasteiger partial charge in [0.2, 0.25) is 10.9 Å². The third-order valence-electron chi connectivity index (χ3n) is 4.38. The first-order valence-electron chi connectivity index (χ1n) is 9.34. The van der Waals surface area contributed by atoms with Crippen LogP contribution in [0.4, 0.5) is 0 Å². The summed E-state index contributed by atoms with van der Waals surface area (Å²) in [5.41, 5.74) is 2.04. The smallest absolute Gasteiger partial charge is 0.214 e. The van der Waals surface area contributed by atoms with Gasteiger partial charge >= 0.3 is 0 Å². The third-order valence-corrected chi connectivity index (χ3v) is 5.38. The standard InChI is InChI=1S/C20H25N5O3S/c1-26-17-11-10-15(18(27-2)19(17)28-3)14-21-12-7-13-29-20-22-23-24-25(20)16-8-5-4-6-9-16/h4-6,8-11,21H,7,12-14H2,1-3H3/p+1. The molecule has 154 valence electrons. The van der Waals surface area contributed by atoms with Gasteiger partial charge in [0.05, 0.1) is 39.1 Å². The van der Waals surface area contributed by atoms with Crippen LogP contribution in [0.5, 0.6) is 17.2 Å². The maximum atomic E-state index is 5.54. The highest BCUT2D eigenvalue weighted by Gasteiger charge is 2.16. The lowest BCUT2D eigenvalue weighted by molar-refractivity contribution is -0.670. The van der Waals surface area contributed by atoms with Crippen molar-refractivity contribution in [2.24, 2.45) is 0 Å². The number of quaternary nitrogens is 1. The molecule has 0 saturated heterocycles. The average molecular weight is 417 g/mol. The summed E-state index contributed by atoms with van der Waals surface area (Å²) in [6, 6.07) is 13.8. The summed E-state index contributed by atoms with van der Waals surface area (Å²) in [7, 11) is 4.89. The zero-order valence-electron chi connectivity index (χ0n) is 16.9. The number of hydrogen-bond acceptors (Lipinski definition) is 7. The second-order valence-electron chi connectivity index (χ2n) is 6.19. The molecule has 8 nitrogen and oxygen atoms in total. The van der Waals surface area contributed by atoms with E-state index in [-0.39, 0.29) is 0 Å². The van der Waals surface area contributed by atoms with Gasteiger partial charge < -0.3 is 19.5 Å². The Kier molecular flexibility index (Phi) is 7.71. The van der Waals surface area contributed by atoms with E-state index in [2.05, 4.69) is 20.8 Å². The number of aromatic nitrogens is 4. The summed E-state index contributed by atoms with van der Waals surface area (Å²) in [4.78, 5) is 0. The number of methoxy groups -OCH3 is 3. The summed E-state index contributed by atoms with van der Waals surface area (Å²) in [6.07, 6.45) is 1.03. The number of thioether (sulfide) groups is 1. The molecular weight excluding hydrogens is 390 g/mol. The lowest BCUT2D eigenvalue weighted by Crippen LogP contribution is -2.82. The molecule has 0 spiro atoms. The predicted molar refractivity (Wildman–Crippen MR) is 111 cm³/mol. The zero-order valence-corrected chi connectivity index (χ0v) is 17.7. The van der Waals surface area contributed by atoms with Crippen LogP contribution < -0.4 is 19.5 Å². The van der Waals surface area contributed by atoms with Crippen molar-refractivity contribution in [1.29, 1.82) is 0 Å². The summed E-state index contributed by atoms with van der Waals surface area (Å²) in [5.74, 6) is 2.96. The van der Waals surface area contributed by atoms with Crippen molar-refractivity contribution >= 4 is 11.8 Å². The van der Waals surface area contributed by atoms with Crippen LogP contribution in [0.1, 0.15) is 12.0 Å². The molecule has 0 atom stereocenters. The van der Waals surface area contributed by atoms with E-state index >= 15 is 0 Å². The molecular formula is C20H26N5O3S+. The van der Waals surface area contributed by atoms with Crippen molar-refractivity contribution in [3.05, 3.63) is 48.0 Å². The SMILES string of the molecule is COc1ccc(C[NH2+]CCCSc2nnnn2-c2ccccc2)c(OC)c1OC. The third kappa shape index (κ3) is 5.18. The van der Waals surface area contributed by atoms with Crippen LogP contribution in [0, 0.1) is 0 Å². The van der Waals surface area contributed by atoms with Gasteiger partial charge in [0, 0.05) is 12.2 Å². The summed E-state index contributed by atoms with van der Waals surface area (Å²) < 4.78 is 18.1. The average Bonchev–Trinajstić information content (AvgIpc) is 3.24. The van der Waals surface area contributed by atoms with Gasteiger partial charge in [-0.3, -0.25) is 0 Å². The maximum absolute atomic E-state index is 5.54. The molecule has 3 rings (SSSR count). The van der Waals surface area contributed by atoms with E-state index in [0.717, 1.165) is 47.4 Å². The van der Waals surface area contributed by atoms with Gasteiger partial charge in [-0.05, 0) is 34.7 Å². The van der Waals surface area contributed by atoms with Crippen LogP contribution >= 0.6 is 11.8 Å². The number of hydrogen-bond donors (Lipinski definition) is 1. The minimum atomic E-state index is 0.629. The van der Waals surface area contributed by atoms with E-state index in [1.54, 1.807) is 37.8 Å². The van der Waals surface area contributed by atoms with Crippen molar-refractivity contribution in [2.75, 3.05) is 33.6 Å². The Labute approximate surface area is 174 Å². The number of nitrogens with zero attached hydrogens (tertiary/aromatic N) is 4. The second-order valence-corrected chi connectivity index (χ2v) is 7.25. The summed E-state index contributed by atoms with van der Waals surface area (Å²) in [6.45, 7) is 1.79. The molecule has 0 unspecified atom stereocenters. The van der Waals surface area contributed by atoms with Gasteiger partial charge in [-0.15, -0.1) is 5.10 Å². The van der Waals surface area contributed by atoms with E-state index in [0.29, 0.717) is 11.5 Å². The number of para-hydroxylation sites is 1. The first-order chi connectivity index (χ1) is 14.3. The van der Waals surface area contributed by atoms with Gasteiger partial charge in [0.1, 0.15) is 6.54 Å². The molecule has 0 bridgehead atoms. The Balaban J connectivity index is 1.47. The van der Waals surface area contributed by atoms with E-state index < -0.39 is 0 Å². The molecule has 0 saturated carbocycles. The number of benzene rings is 2. The van der Waals surface area contributed by atoms with Crippen molar-refractivity contribution in [1.82, 2.24) is 20.2 Å². The molecule has 1 aromatic heterocycles. The van der Waals surface area contributed by atoms with Gasteiger partial charge in [0.25, 0.3) is 0 Å². The number of nitrogens with two attached hydrogens (primary N) is 1. The largest absolute Gasteiger partial charge is 0.493 e. The van der Waals surface area contributed by atoms with Crippen LogP contribution in [-0.2, 0) is 6.54 Å². The van der Waals surface area contributed by atoms with Gasteiger partial charge in [0.15, 0.2) is 11.5 Å². The highest BCUT2D eigenvalue weighted by molar-refractivity contribution is 7.99. The number of tetrazole rings is 1. The highest BCUT2D eigenvalue weighted by atomic mass is 32.2. The van der Waals surface area contributed by atoms with Crippen LogP contribution in [0.3, 0.4) is 0 Å². The zero-order chi connectivity index (χ0) is 20.5. The molecule has 2 N–H and O–H groups in total. The Hall–Kier alpha value is -2.78. The Morgan fingerprint density at radius 2 is 1.76 bits per heavy atom. The van der Waals surface area contributed by atoms with Crippen molar-refractivity contribution in [3.63, 3.8) is 0 Å². The predicted octanol–water partition coefficient (Wildman–Crippen LogP) is 1.93. The molecule has 0 aliphatic heterocycles. The highest BCUT2D eigenvalue weighted by Crippen LogP contribution is 2.39. The maximum Gasteiger partial charge on any atom is 0.214 e. The Morgan fingerprint density at radius 3 is 2.48 bits per heavy atom. The molecule has 9 heteroatoms. The van der Waals surface area contributed by atoms with Crippen molar-refractivity contribution in [2.45, 2.75) is 18.1 Å². The minimum Gasteiger partial charge on any atom is -0.493 e.